The van der Waals surface area contributed by atoms with Crippen LogP contribution in [-0.2, 0) is 21.3 Å². The average molecular weight is 288 g/mol. The summed E-state index contributed by atoms with van der Waals surface area (Å²) < 4.78 is 24.6. The first-order valence-corrected chi connectivity index (χ1v) is 8.50. The Morgan fingerprint density at radius 1 is 0.800 bits per heavy atom. The third-order valence-electron chi connectivity index (χ3n) is 3.39. The van der Waals surface area contributed by atoms with Crippen molar-refractivity contribution in [3.05, 3.63) is 70.3 Å². The minimum atomic E-state index is -3.14. The van der Waals surface area contributed by atoms with Crippen molar-refractivity contribution in [2.24, 2.45) is 0 Å². The lowest BCUT2D eigenvalue weighted by Crippen LogP contribution is -2.09. The van der Waals surface area contributed by atoms with Crippen molar-refractivity contribution in [3.8, 4) is 0 Å². The van der Waals surface area contributed by atoms with Gasteiger partial charge in [0.2, 0.25) is 0 Å². The van der Waals surface area contributed by atoms with Crippen LogP contribution in [0.15, 0.2) is 42.5 Å². The van der Waals surface area contributed by atoms with Crippen LogP contribution in [0.25, 0.3) is 0 Å². The van der Waals surface area contributed by atoms with Crippen LogP contribution >= 0.6 is 0 Å². The summed E-state index contributed by atoms with van der Waals surface area (Å²) in [5.74, 6) is 0.203. The highest BCUT2D eigenvalue weighted by molar-refractivity contribution is 7.89. The number of benzene rings is 2. The van der Waals surface area contributed by atoms with Crippen LogP contribution in [0.2, 0.25) is 0 Å². The maximum atomic E-state index is 12.3. The second-order valence-electron chi connectivity index (χ2n) is 5.45. The van der Waals surface area contributed by atoms with Crippen molar-refractivity contribution in [1.82, 2.24) is 0 Å². The molecule has 0 aliphatic heterocycles. The van der Waals surface area contributed by atoms with E-state index in [1.165, 1.54) is 0 Å². The molecule has 0 amide bonds. The summed E-state index contributed by atoms with van der Waals surface area (Å²) in [7, 11) is -3.14. The standard InChI is InChI=1S/C17H20O2S/c1-13-5-8-16(9-6-13)11-20(18,19)12-17-10-14(2)4-7-15(17)3/h4-10H,11-12H2,1-3H3. The molecule has 106 valence electrons. The van der Waals surface area contributed by atoms with Gasteiger partial charge >= 0.3 is 0 Å². The molecule has 0 aliphatic carbocycles. The fourth-order valence-electron chi connectivity index (χ4n) is 2.18. The van der Waals surface area contributed by atoms with E-state index in [1.807, 2.05) is 63.2 Å². The first kappa shape index (κ1) is 14.8. The van der Waals surface area contributed by atoms with E-state index < -0.39 is 9.84 Å². The Morgan fingerprint density at radius 2 is 1.40 bits per heavy atom. The highest BCUT2D eigenvalue weighted by Gasteiger charge is 2.14. The number of hydrogen-bond acceptors (Lipinski definition) is 2. The van der Waals surface area contributed by atoms with Gasteiger partial charge in [0.15, 0.2) is 9.84 Å². The Bertz CT molecular complexity index is 698. The molecule has 0 aliphatic rings. The fraction of sp³-hybridized carbons (Fsp3) is 0.294. The SMILES string of the molecule is Cc1ccc(CS(=O)(=O)Cc2cc(C)ccc2C)cc1. The molecule has 0 unspecified atom stereocenters. The molecule has 2 aromatic carbocycles. The maximum Gasteiger partial charge on any atom is 0.158 e. The molecule has 0 saturated heterocycles. The zero-order valence-electron chi connectivity index (χ0n) is 12.2. The average Bonchev–Trinajstić information content (AvgIpc) is 2.36. The van der Waals surface area contributed by atoms with Crippen molar-refractivity contribution in [1.29, 1.82) is 0 Å². The van der Waals surface area contributed by atoms with Gasteiger partial charge in [0.05, 0.1) is 11.5 Å². The largest absolute Gasteiger partial charge is 0.228 e. The molecule has 2 rings (SSSR count). The van der Waals surface area contributed by atoms with E-state index in [9.17, 15) is 8.42 Å². The van der Waals surface area contributed by atoms with Crippen molar-refractivity contribution >= 4 is 9.84 Å². The quantitative estimate of drug-likeness (QED) is 0.859. The molecule has 0 atom stereocenters. The first-order chi connectivity index (χ1) is 9.35. The summed E-state index contributed by atoms with van der Waals surface area (Å²) in [6.07, 6.45) is 0. The summed E-state index contributed by atoms with van der Waals surface area (Å²) in [5, 5.41) is 0. The molecule has 0 radical (unpaired) electrons. The third kappa shape index (κ3) is 3.94. The smallest absolute Gasteiger partial charge is 0.158 e. The van der Waals surface area contributed by atoms with Gasteiger partial charge < -0.3 is 0 Å². The van der Waals surface area contributed by atoms with Crippen molar-refractivity contribution in [2.75, 3.05) is 0 Å². The van der Waals surface area contributed by atoms with Gasteiger partial charge in [-0.15, -0.1) is 0 Å². The van der Waals surface area contributed by atoms with Gasteiger partial charge in [-0.3, -0.25) is 0 Å². The van der Waals surface area contributed by atoms with E-state index >= 15 is 0 Å². The Balaban J connectivity index is 2.19. The van der Waals surface area contributed by atoms with Crippen LogP contribution in [0.5, 0.6) is 0 Å². The molecule has 2 nitrogen and oxygen atoms in total. The lowest BCUT2D eigenvalue weighted by molar-refractivity contribution is 0.594. The van der Waals surface area contributed by atoms with Crippen LogP contribution < -0.4 is 0 Å². The number of aryl methyl sites for hydroxylation is 3. The normalized spacial score (nSPS) is 11.6. The summed E-state index contributed by atoms with van der Waals surface area (Å²) in [4.78, 5) is 0. The minimum Gasteiger partial charge on any atom is -0.228 e. The minimum absolute atomic E-state index is 0.0979. The van der Waals surface area contributed by atoms with Crippen molar-refractivity contribution < 1.29 is 8.42 Å². The zero-order valence-corrected chi connectivity index (χ0v) is 13.0. The molecule has 2 aromatic rings. The summed E-state index contributed by atoms with van der Waals surface area (Å²) in [6, 6.07) is 13.6. The van der Waals surface area contributed by atoms with Gasteiger partial charge in [0.25, 0.3) is 0 Å². The molecule has 0 spiro atoms. The molecule has 0 aromatic heterocycles. The highest BCUT2D eigenvalue weighted by Crippen LogP contribution is 2.17. The molecular weight excluding hydrogens is 268 g/mol. The van der Waals surface area contributed by atoms with Crippen molar-refractivity contribution in [2.45, 2.75) is 32.3 Å². The van der Waals surface area contributed by atoms with Gasteiger partial charge in [-0.05, 0) is 37.5 Å². The molecule has 0 heterocycles. The first-order valence-electron chi connectivity index (χ1n) is 6.68. The van der Waals surface area contributed by atoms with Gasteiger partial charge in [0.1, 0.15) is 0 Å². The third-order valence-corrected chi connectivity index (χ3v) is 4.91. The van der Waals surface area contributed by atoms with Crippen LogP contribution in [0, 0.1) is 20.8 Å². The van der Waals surface area contributed by atoms with Gasteiger partial charge in [-0.2, -0.15) is 0 Å². The van der Waals surface area contributed by atoms with Crippen molar-refractivity contribution in [3.63, 3.8) is 0 Å². The lowest BCUT2D eigenvalue weighted by atomic mass is 10.1. The van der Waals surface area contributed by atoms with Crippen LogP contribution in [0.1, 0.15) is 27.8 Å². The van der Waals surface area contributed by atoms with E-state index in [0.717, 1.165) is 27.8 Å². The summed E-state index contributed by atoms with van der Waals surface area (Å²) in [6.45, 7) is 5.93. The molecular formula is C17H20O2S. The van der Waals surface area contributed by atoms with E-state index in [2.05, 4.69) is 0 Å². The topological polar surface area (TPSA) is 34.1 Å². The predicted molar refractivity (Wildman–Crippen MR) is 83.4 cm³/mol. The molecule has 0 bridgehead atoms. The van der Waals surface area contributed by atoms with Gasteiger partial charge in [-0.1, -0.05) is 53.6 Å². The van der Waals surface area contributed by atoms with E-state index in [4.69, 9.17) is 0 Å². The van der Waals surface area contributed by atoms with Crippen LogP contribution in [0.3, 0.4) is 0 Å². The van der Waals surface area contributed by atoms with E-state index in [1.54, 1.807) is 0 Å². The number of sulfone groups is 1. The highest BCUT2D eigenvalue weighted by atomic mass is 32.2. The second kappa shape index (κ2) is 5.80. The molecule has 0 N–H and O–H groups in total. The van der Waals surface area contributed by atoms with E-state index in [-0.39, 0.29) is 11.5 Å². The predicted octanol–water partition coefficient (Wildman–Crippen LogP) is 3.73. The number of rotatable bonds is 4. The molecule has 3 heteroatoms. The molecule has 0 saturated carbocycles. The molecule has 0 fully saturated rings. The Kier molecular flexibility index (Phi) is 4.29. The van der Waals surface area contributed by atoms with Crippen LogP contribution in [0.4, 0.5) is 0 Å². The summed E-state index contributed by atoms with van der Waals surface area (Å²) >= 11 is 0. The number of hydrogen-bond donors (Lipinski definition) is 0. The van der Waals surface area contributed by atoms with Gasteiger partial charge in [-0.25, -0.2) is 8.42 Å². The zero-order chi connectivity index (χ0) is 14.8. The molecule has 20 heavy (non-hydrogen) atoms. The van der Waals surface area contributed by atoms with Crippen LogP contribution in [-0.4, -0.2) is 8.42 Å². The summed E-state index contributed by atoms with van der Waals surface area (Å²) in [5.41, 5.74) is 5.01. The maximum absolute atomic E-state index is 12.3. The Hall–Kier alpha value is -1.61. The second-order valence-corrected chi connectivity index (χ2v) is 7.51. The monoisotopic (exact) mass is 288 g/mol. The lowest BCUT2D eigenvalue weighted by Gasteiger charge is -2.09. The van der Waals surface area contributed by atoms with Gasteiger partial charge in [0, 0.05) is 0 Å². The van der Waals surface area contributed by atoms with E-state index in [0.29, 0.717) is 0 Å². The Labute approximate surface area is 121 Å². The Morgan fingerprint density at radius 3 is 2.05 bits per heavy atom. The fourth-order valence-corrected chi connectivity index (χ4v) is 3.77.